The van der Waals surface area contributed by atoms with Crippen molar-refractivity contribution in [2.24, 2.45) is 5.92 Å². The summed E-state index contributed by atoms with van der Waals surface area (Å²) in [6.45, 7) is 3.14. The maximum atomic E-state index is 12.9. The number of carbonyl (C=O) groups is 3. The minimum Gasteiger partial charge on any atom is -0.466 e. The average molecular weight is 445 g/mol. The first-order chi connectivity index (χ1) is 14.9. The highest BCUT2D eigenvalue weighted by Gasteiger charge is 2.29. The van der Waals surface area contributed by atoms with E-state index < -0.39 is 0 Å². The molecule has 1 aromatic carbocycles. The molecule has 1 fully saturated rings. The predicted octanol–water partition coefficient (Wildman–Crippen LogP) is 2.47. The molecule has 0 aliphatic carbocycles. The predicted molar refractivity (Wildman–Crippen MR) is 118 cm³/mol. The summed E-state index contributed by atoms with van der Waals surface area (Å²) < 4.78 is 6.99. The molecular weight excluding hydrogens is 416 g/mol. The molecule has 3 rings (SSSR count). The fourth-order valence-electron chi connectivity index (χ4n) is 3.65. The largest absolute Gasteiger partial charge is 0.466 e. The monoisotopic (exact) mass is 444 g/mol. The van der Waals surface area contributed by atoms with Crippen LogP contribution >= 0.6 is 11.8 Å². The second-order valence-electron chi connectivity index (χ2n) is 7.40. The molecule has 2 aromatic rings. The van der Waals surface area contributed by atoms with Crippen molar-refractivity contribution in [3.8, 4) is 5.69 Å². The number of benzene rings is 1. The maximum absolute atomic E-state index is 12.9. The topological polar surface area (TPSA) is 84.7 Å². The van der Waals surface area contributed by atoms with Crippen LogP contribution in [0.15, 0.2) is 41.8 Å². The van der Waals surface area contributed by atoms with E-state index in [4.69, 9.17) is 4.74 Å². The van der Waals surface area contributed by atoms with Gasteiger partial charge in [0.1, 0.15) is 0 Å². The van der Waals surface area contributed by atoms with Crippen LogP contribution in [0.1, 0.15) is 30.1 Å². The van der Waals surface area contributed by atoms with Gasteiger partial charge >= 0.3 is 5.97 Å². The van der Waals surface area contributed by atoms with Gasteiger partial charge in [0.2, 0.25) is 5.91 Å². The Kier molecular flexibility index (Phi) is 7.73. The number of ether oxygens (including phenoxy) is 1. The van der Waals surface area contributed by atoms with Crippen LogP contribution < -0.4 is 0 Å². The summed E-state index contributed by atoms with van der Waals surface area (Å²) in [5.41, 5.74) is 1.35. The van der Waals surface area contributed by atoms with Gasteiger partial charge in [0, 0.05) is 43.8 Å². The number of imidazole rings is 1. The number of piperidine rings is 1. The van der Waals surface area contributed by atoms with Crippen molar-refractivity contribution in [2.75, 3.05) is 39.5 Å². The van der Waals surface area contributed by atoms with Crippen LogP contribution in [0.3, 0.4) is 0 Å². The van der Waals surface area contributed by atoms with E-state index in [2.05, 4.69) is 4.98 Å². The Morgan fingerprint density at radius 3 is 2.68 bits per heavy atom. The molecule has 0 N–H and O–H groups in total. The SMILES string of the molecule is CCOC(=O)C1CCN(C(=O)CN(C)C(=O)c2cccc(-n3ccnc3SC)c2)CC1. The first-order valence-electron chi connectivity index (χ1n) is 10.3. The van der Waals surface area contributed by atoms with Crippen LogP contribution in [-0.2, 0) is 14.3 Å². The number of likely N-dealkylation sites (tertiary alicyclic amines) is 1. The molecule has 2 amide bonds. The number of carbonyl (C=O) groups excluding carboxylic acids is 3. The molecule has 9 heteroatoms. The lowest BCUT2D eigenvalue weighted by Crippen LogP contribution is -2.45. The smallest absolute Gasteiger partial charge is 0.309 e. The Morgan fingerprint density at radius 1 is 1.26 bits per heavy atom. The fourth-order valence-corrected chi connectivity index (χ4v) is 4.18. The zero-order valence-electron chi connectivity index (χ0n) is 18.1. The molecule has 1 aliphatic heterocycles. The van der Waals surface area contributed by atoms with E-state index in [1.807, 2.05) is 29.2 Å². The Balaban J connectivity index is 1.59. The quantitative estimate of drug-likeness (QED) is 0.482. The lowest BCUT2D eigenvalue weighted by Gasteiger charge is -2.32. The summed E-state index contributed by atoms with van der Waals surface area (Å²) in [6, 6.07) is 7.28. The van der Waals surface area contributed by atoms with E-state index in [0.717, 1.165) is 10.8 Å². The van der Waals surface area contributed by atoms with Gasteiger partial charge in [0.05, 0.1) is 19.1 Å². The van der Waals surface area contributed by atoms with Crippen LogP contribution in [0.25, 0.3) is 5.69 Å². The molecule has 1 aliphatic rings. The number of hydrogen-bond acceptors (Lipinski definition) is 6. The third-order valence-corrected chi connectivity index (χ3v) is 6.01. The van der Waals surface area contributed by atoms with Crippen molar-refractivity contribution in [1.82, 2.24) is 19.4 Å². The van der Waals surface area contributed by atoms with Gasteiger partial charge in [-0.25, -0.2) is 4.98 Å². The lowest BCUT2D eigenvalue weighted by molar-refractivity contribution is -0.151. The van der Waals surface area contributed by atoms with Crippen LogP contribution in [-0.4, -0.2) is 76.7 Å². The van der Waals surface area contributed by atoms with Gasteiger partial charge in [-0.3, -0.25) is 19.0 Å². The number of aromatic nitrogens is 2. The molecule has 2 heterocycles. The summed E-state index contributed by atoms with van der Waals surface area (Å²) in [4.78, 5) is 44.9. The standard InChI is InChI=1S/C22H28N4O4S/c1-4-30-21(29)16-8-11-25(12-9-16)19(27)15-24(2)20(28)17-6-5-7-18(14-17)26-13-10-23-22(26)31-3/h5-7,10,13-14,16H,4,8-9,11-12,15H2,1-3H3. The minimum atomic E-state index is -0.220. The van der Waals surface area contributed by atoms with Crippen molar-refractivity contribution in [2.45, 2.75) is 24.9 Å². The normalized spacial score (nSPS) is 14.4. The van der Waals surface area contributed by atoms with Crippen molar-refractivity contribution >= 4 is 29.5 Å². The molecular formula is C22H28N4O4S. The number of nitrogens with zero attached hydrogens (tertiary/aromatic N) is 4. The van der Waals surface area contributed by atoms with Crippen molar-refractivity contribution in [3.05, 3.63) is 42.2 Å². The van der Waals surface area contributed by atoms with E-state index in [9.17, 15) is 14.4 Å². The molecule has 1 aromatic heterocycles. The second-order valence-corrected chi connectivity index (χ2v) is 8.18. The number of esters is 1. The first kappa shape index (κ1) is 22.9. The molecule has 0 radical (unpaired) electrons. The highest BCUT2D eigenvalue weighted by Crippen LogP contribution is 2.21. The van der Waals surface area contributed by atoms with Gasteiger partial charge in [0.15, 0.2) is 5.16 Å². The van der Waals surface area contributed by atoms with Gasteiger partial charge in [0.25, 0.3) is 5.91 Å². The van der Waals surface area contributed by atoms with Crippen LogP contribution in [0.4, 0.5) is 0 Å². The van der Waals surface area contributed by atoms with Gasteiger partial charge in [-0.2, -0.15) is 0 Å². The molecule has 1 saturated heterocycles. The highest BCUT2D eigenvalue weighted by atomic mass is 32.2. The number of rotatable bonds is 7. The van der Waals surface area contributed by atoms with E-state index in [1.54, 1.807) is 37.2 Å². The van der Waals surface area contributed by atoms with Crippen molar-refractivity contribution in [1.29, 1.82) is 0 Å². The molecule has 0 saturated carbocycles. The van der Waals surface area contributed by atoms with Gasteiger partial charge < -0.3 is 14.5 Å². The third-order valence-electron chi connectivity index (χ3n) is 5.35. The number of thioether (sulfide) groups is 1. The summed E-state index contributed by atoms with van der Waals surface area (Å²) >= 11 is 1.52. The van der Waals surface area contributed by atoms with Gasteiger partial charge in [-0.1, -0.05) is 17.8 Å². The summed E-state index contributed by atoms with van der Waals surface area (Å²) in [7, 11) is 1.63. The Hall–Kier alpha value is -2.81. The first-order valence-corrected chi connectivity index (χ1v) is 11.5. The number of likely N-dealkylation sites (N-methyl/N-ethyl adjacent to an activating group) is 1. The second kappa shape index (κ2) is 10.5. The Bertz CT molecular complexity index is 937. The Labute approximate surface area is 186 Å². The lowest BCUT2D eigenvalue weighted by atomic mass is 9.97. The summed E-state index contributed by atoms with van der Waals surface area (Å²) in [5.74, 6) is -0.680. The maximum Gasteiger partial charge on any atom is 0.309 e. The molecule has 0 unspecified atom stereocenters. The molecule has 31 heavy (non-hydrogen) atoms. The average Bonchev–Trinajstić information content (AvgIpc) is 3.28. The van der Waals surface area contributed by atoms with E-state index in [-0.39, 0.29) is 30.2 Å². The summed E-state index contributed by atoms with van der Waals surface area (Å²) in [5, 5.41) is 0.833. The Morgan fingerprint density at radius 2 is 2.00 bits per heavy atom. The van der Waals surface area contributed by atoms with Gasteiger partial charge in [-0.05, 0) is 44.2 Å². The molecule has 8 nitrogen and oxygen atoms in total. The van der Waals surface area contributed by atoms with Crippen LogP contribution in [0.2, 0.25) is 0 Å². The van der Waals surface area contributed by atoms with Crippen molar-refractivity contribution in [3.63, 3.8) is 0 Å². The molecule has 166 valence electrons. The van der Waals surface area contributed by atoms with E-state index in [1.165, 1.54) is 16.7 Å². The van der Waals surface area contributed by atoms with Crippen LogP contribution in [0, 0.1) is 5.92 Å². The van der Waals surface area contributed by atoms with E-state index >= 15 is 0 Å². The van der Waals surface area contributed by atoms with Crippen molar-refractivity contribution < 1.29 is 19.1 Å². The third kappa shape index (κ3) is 5.46. The van der Waals surface area contributed by atoms with Gasteiger partial charge in [-0.15, -0.1) is 0 Å². The number of hydrogen-bond donors (Lipinski definition) is 0. The zero-order chi connectivity index (χ0) is 22.4. The highest BCUT2D eigenvalue weighted by molar-refractivity contribution is 7.98. The molecule has 0 spiro atoms. The van der Waals surface area contributed by atoms with Crippen LogP contribution in [0.5, 0.6) is 0 Å². The fraction of sp³-hybridized carbons (Fsp3) is 0.455. The minimum absolute atomic E-state index is 0.00568. The summed E-state index contributed by atoms with van der Waals surface area (Å²) in [6.07, 6.45) is 6.70. The van der Waals surface area contributed by atoms with E-state index in [0.29, 0.717) is 38.1 Å². The zero-order valence-corrected chi connectivity index (χ0v) is 18.9. The molecule has 0 bridgehead atoms. The molecule has 0 atom stereocenters. The number of amides is 2.